The molecule has 0 aliphatic carbocycles. The third kappa shape index (κ3) is 8.40. The summed E-state index contributed by atoms with van der Waals surface area (Å²) < 4.78 is 9.79. The topological polar surface area (TPSA) is 133 Å². The molecule has 1 aromatic carbocycles. The minimum absolute atomic E-state index is 0.0840. The second-order valence-corrected chi connectivity index (χ2v) is 5.60. The van der Waals surface area contributed by atoms with Gasteiger partial charge in [-0.05, 0) is 44.3 Å². The Balaban J connectivity index is 2.61. The highest BCUT2D eigenvalue weighted by molar-refractivity contribution is 6.46. The molecule has 0 saturated carbocycles. The zero-order valence-electron chi connectivity index (χ0n) is 16.7. The van der Waals surface area contributed by atoms with Gasteiger partial charge in [-0.1, -0.05) is 13.8 Å². The van der Waals surface area contributed by atoms with E-state index >= 15 is 0 Å². The number of carbonyl (C=O) groups excluding carboxylic acids is 3. The standard InChI is InChI=1S/C19H25N5O5/c1-4-24(5-2)11-12-29-18(26)14-7-9-15(10-8-14)22-23-16(13-20)17(25)21-19(27)28-6-3/h7-10,22H,4-6,11-12H2,1-3H3,(H,21,25,27)/b23-16-. The van der Waals surface area contributed by atoms with Gasteiger partial charge in [0.1, 0.15) is 12.7 Å². The van der Waals surface area contributed by atoms with Gasteiger partial charge in [0.05, 0.1) is 17.9 Å². The number of nitriles is 1. The maximum absolute atomic E-state index is 12.0. The van der Waals surface area contributed by atoms with Crippen LogP contribution in [0.5, 0.6) is 0 Å². The number of likely N-dealkylation sites (N-methyl/N-ethyl adjacent to an activating group) is 1. The van der Waals surface area contributed by atoms with Crippen molar-refractivity contribution in [1.82, 2.24) is 10.2 Å². The molecular weight excluding hydrogens is 378 g/mol. The van der Waals surface area contributed by atoms with Gasteiger partial charge in [0.25, 0.3) is 5.91 Å². The van der Waals surface area contributed by atoms with Crippen molar-refractivity contribution >= 4 is 29.4 Å². The van der Waals surface area contributed by atoms with E-state index in [0.717, 1.165) is 13.1 Å². The summed E-state index contributed by atoms with van der Waals surface area (Å²) in [4.78, 5) is 37.1. The Morgan fingerprint density at radius 2 is 1.76 bits per heavy atom. The molecule has 0 bridgehead atoms. The number of alkyl carbamates (subject to hydrolysis) is 1. The van der Waals surface area contributed by atoms with Crippen molar-refractivity contribution in [2.24, 2.45) is 5.10 Å². The van der Waals surface area contributed by atoms with E-state index in [2.05, 4.69) is 20.2 Å². The third-order valence-corrected chi connectivity index (χ3v) is 3.76. The lowest BCUT2D eigenvalue weighted by Crippen LogP contribution is -2.36. The van der Waals surface area contributed by atoms with E-state index in [-0.39, 0.29) is 6.61 Å². The molecule has 0 fully saturated rings. The molecule has 0 radical (unpaired) electrons. The largest absolute Gasteiger partial charge is 0.461 e. The molecule has 10 nitrogen and oxygen atoms in total. The Hall–Kier alpha value is -3.45. The van der Waals surface area contributed by atoms with Crippen molar-refractivity contribution in [1.29, 1.82) is 5.26 Å². The van der Waals surface area contributed by atoms with Crippen molar-refractivity contribution in [2.75, 3.05) is 38.3 Å². The highest BCUT2D eigenvalue weighted by Gasteiger charge is 2.15. The molecule has 0 unspecified atom stereocenters. The molecule has 1 rings (SSSR count). The van der Waals surface area contributed by atoms with E-state index < -0.39 is 23.7 Å². The average molecular weight is 403 g/mol. The molecule has 29 heavy (non-hydrogen) atoms. The highest BCUT2D eigenvalue weighted by Crippen LogP contribution is 2.10. The second-order valence-electron chi connectivity index (χ2n) is 5.60. The number of hydrogen-bond donors (Lipinski definition) is 2. The van der Waals surface area contributed by atoms with E-state index in [1.54, 1.807) is 25.1 Å². The van der Waals surface area contributed by atoms with E-state index in [9.17, 15) is 14.4 Å². The zero-order chi connectivity index (χ0) is 21.6. The molecule has 156 valence electrons. The Kier molecular flexibility index (Phi) is 10.5. The number of carbonyl (C=O) groups is 3. The Morgan fingerprint density at radius 3 is 2.31 bits per heavy atom. The summed E-state index contributed by atoms with van der Waals surface area (Å²) in [7, 11) is 0. The van der Waals surface area contributed by atoms with Crippen molar-refractivity contribution in [2.45, 2.75) is 20.8 Å². The number of rotatable bonds is 10. The number of nitrogens with zero attached hydrogens (tertiary/aromatic N) is 3. The van der Waals surface area contributed by atoms with Gasteiger partial charge in [-0.3, -0.25) is 15.5 Å². The number of amides is 2. The summed E-state index contributed by atoms with van der Waals surface area (Å²) in [5.74, 6) is -1.44. The molecule has 0 aliphatic rings. The van der Waals surface area contributed by atoms with Gasteiger partial charge in [0.2, 0.25) is 5.71 Å². The van der Waals surface area contributed by atoms with Gasteiger partial charge < -0.3 is 14.4 Å². The first-order valence-electron chi connectivity index (χ1n) is 9.16. The second kappa shape index (κ2) is 12.9. The predicted molar refractivity (Wildman–Crippen MR) is 106 cm³/mol. The summed E-state index contributed by atoms with van der Waals surface area (Å²) in [6, 6.07) is 7.73. The van der Waals surface area contributed by atoms with E-state index in [1.807, 2.05) is 19.2 Å². The molecule has 10 heteroatoms. The van der Waals surface area contributed by atoms with Crippen molar-refractivity contribution in [3.8, 4) is 6.07 Å². The maximum Gasteiger partial charge on any atom is 0.414 e. The van der Waals surface area contributed by atoms with Gasteiger partial charge in [-0.2, -0.15) is 10.4 Å². The normalized spacial score (nSPS) is 10.8. The SMILES string of the molecule is CCOC(=O)NC(=O)/C(C#N)=N\Nc1ccc(C(=O)OCCN(CC)CC)cc1. The smallest absolute Gasteiger partial charge is 0.414 e. The third-order valence-electron chi connectivity index (χ3n) is 3.76. The van der Waals surface area contributed by atoms with Gasteiger partial charge in [0.15, 0.2) is 0 Å². The Morgan fingerprint density at radius 1 is 1.10 bits per heavy atom. The van der Waals surface area contributed by atoms with Crippen LogP contribution in [0, 0.1) is 11.3 Å². The summed E-state index contributed by atoms with van der Waals surface area (Å²) in [5.41, 5.74) is 2.75. The molecule has 0 aliphatic heterocycles. The van der Waals surface area contributed by atoms with Crippen LogP contribution < -0.4 is 10.7 Å². The number of nitrogens with one attached hydrogen (secondary N) is 2. The Labute approximate surface area is 169 Å². The monoisotopic (exact) mass is 403 g/mol. The molecular formula is C19H25N5O5. The van der Waals surface area contributed by atoms with Crippen molar-refractivity contribution in [3.05, 3.63) is 29.8 Å². The van der Waals surface area contributed by atoms with Crippen LogP contribution in [0.3, 0.4) is 0 Å². The summed E-state index contributed by atoms with van der Waals surface area (Å²) in [5, 5.41) is 14.5. The number of hydrazone groups is 1. The lowest BCUT2D eigenvalue weighted by atomic mass is 10.2. The fourth-order valence-corrected chi connectivity index (χ4v) is 2.14. The number of hydrogen-bond acceptors (Lipinski definition) is 9. The number of ether oxygens (including phenoxy) is 2. The quantitative estimate of drug-likeness (QED) is 0.343. The van der Waals surface area contributed by atoms with Crippen LogP contribution >= 0.6 is 0 Å². The fraction of sp³-hybridized carbons (Fsp3) is 0.421. The van der Waals surface area contributed by atoms with Crippen molar-refractivity contribution in [3.63, 3.8) is 0 Å². The van der Waals surface area contributed by atoms with E-state index in [0.29, 0.717) is 24.4 Å². The molecule has 0 saturated heterocycles. The van der Waals surface area contributed by atoms with Crippen LogP contribution in [0.25, 0.3) is 0 Å². The fourth-order valence-electron chi connectivity index (χ4n) is 2.14. The number of imide groups is 1. The molecule has 0 heterocycles. The summed E-state index contributed by atoms with van der Waals surface area (Å²) in [6.07, 6.45) is -0.968. The first-order chi connectivity index (χ1) is 13.9. The van der Waals surface area contributed by atoms with Crippen LogP contribution in [0.4, 0.5) is 10.5 Å². The van der Waals surface area contributed by atoms with Crippen LogP contribution in [0.1, 0.15) is 31.1 Å². The minimum Gasteiger partial charge on any atom is -0.461 e. The summed E-state index contributed by atoms with van der Waals surface area (Å²) >= 11 is 0. The van der Waals surface area contributed by atoms with E-state index in [4.69, 9.17) is 10.00 Å². The molecule has 0 aromatic heterocycles. The average Bonchev–Trinajstić information content (AvgIpc) is 2.72. The number of anilines is 1. The van der Waals surface area contributed by atoms with Crippen LogP contribution in [0.2, 0.25) is 0 Å². The first kappa shape index (κ1) is 23.6. The highest BCUT2D eigenvalue weighted by atomic mass is 16.5. The Bertz CT molecular complexity index is 766. The first-order valence-corrected chi connectivity index (χ1v) is 9.16. The van der Waals surface area contributed by atoms with Gasteiger partial charge in [0, 0.05) is 6.54 Å². The molecule has 0 spiro atoms. The molecule has 2 N–H and O–H groups in total. The lowest BCUT2D eigenvalue weighted by molar-refractivity contribution is -0.114. The maximum atomic E-state index is 12.0. The van der Waals surface area contributed by atoms with Crippen LogP contribution in [0.15, 0.2) is 29.4 Å². The molecule has 2 amide bonds. The van der Waals surface area contributed by atoms with Crippen LogP contribution in [-0.2, 0) is 14.3 Å². The lowest BCUT2D eigenvalue weighted by Gasteiger charge is -2.17. The van der Waals surface area contributed by atoms with Crippen LogP contribution in [-0.4, -0.2) is 61.4 Å². The van der Waals surface area contributed by atoms with Crippen molar-refractivity contribution < 1.29 is 23.9 Å². The number of esters is 1. The van der Waals surface area contributed by atoms with Gasteiger partial charge >= 0.3 is 12.1 Å². The predicted octanol–water partition coefficient (Wildman–Crippen LogP) is 1.75. The number of benzene rings is 1. The van der Waals surface area contributed by atoms with Gasteiger partial charge in [-0.25, -0.2) is 9.59 Å². The minimum atomic E-state index is -0.994. The molecule has 0 atom stereocenters. The molecule has 1 aromatic rings. The van der Waals surface area contributed by atoms with E-state index in [1.165, 1.54) is 12.1 Å². The zero-order valence-corrected chi connectivity index (χ0v) is 16.7. The van der Waals surface area contributed by atoms with Gasteiger partial charge in [-0.15, -0.1) is 0 Å². The summed E-state index contributed by atoms with van der Waals surface area (Å²) in [6.45, 7) is 8.48.